The van der Waals surface area contributed by atoms with Crippen LogP contribution in [0.1, 0.15) is 94.6 Å². The summed E-state index contributed by atoms with van der Waals surface area (Å²) in [5, 5.41) is 17.3. The van der Waals surface area contributed by atoms with Crippen LogP contribution in [-0.2, 0) is 4.79 Å². The fourth-order valence-electron chi connectivity index (χ4n) is 6.75. The Morgan fingerprint density at radius 2 is 1.80 bits per heavy atom. The number of amides is 1. The zero-order valence-electron chi connectivity index (χ0n) is 27.0. The first-order valence-corrected chi connectivity index (χ1v) is 17.6. The fourth-order valence-corrected chi connectivity index (χ4v) is 7.56. The number of piperidine rings is 2. The van der Waals surface area contributed by atoms with Crippen LogP contribution in [0.5, 0.6) is 0 Å². The van der Waals surface area contributed by atoms with E-state index in [0.29, 0.717) is 24.1 Å². The number of carbonyl (C=O) groups is 1. The van der Waals surface area contributed by atoms with Gasteiger partial charge in [-0.25, -0.2) is 4.98 Å². The fraction of sp³-hybridized carbons (Fsp3) is 0.629. The Morgan fingerprint density at radius 3 is 2.45 bits per heavy atom. The van der Waals surface area contributed by atoms with Gasteiger partial charge in [-0.05, 0) is 74.3 Å². The second-order valence-corrected chi connectivity index (χ2v) is 14.2. The first-order valence-electron chi connectivity index (χ1n) is 16.7. The minimum atomic E-state index is -0.345. The van der Waals surface area contributed by atoms with Gasteiger partial charge in [-0.15, -0.1) is 11.3 Å². The molecule has 2 atom stereocenters. The van der Waals surface area contributed by atoms with Gasteiger partial charge in [0.1, 0.15) is 5.92 Å². The van der Waals surface area contributed by atoms with E-state index in [0.717, 1.165) is 89.2 Å². The molecule has 1 amide bonds. The number of nitrogens with zero attached hydrogens (tertiary/aromatic N) is 4. The lowest BCUT2D eigenvalue weighted by atomic mass is 9.92. The van der Waals surface area contributed by atoms with Gasteiger partial charge in [0.2, 0.25) is 5.91 Å². The van der Waals surface area contributed by atoms with Gasteiger partial charge in [0.15, 0.2) is 11.6 Å². The maximum absolute atomic E-state index is 13.3. The lowest BCUT2D eigenvalue weighted by molar-refractivity contribution is -0.124. The van der Waals surface area contributed by atoms with Crippen molar-refractivity contribution in [3.8, 4) is 10.4 Å². The maximum Gasteiger partial charge on any atom is 0.231 e. The van der Waals surface area contributed by atoms with E-state index in [1.54, 1.807) is 11.3 Å². The average molecular weight is 622 g/mol. The molecule has 2 aliphatic heterocycles. The first kappa shape index (κ1) is 32.6. The molecule has 0 saturated carbocycles. The number of nitrogens with one attached hydrogen (secondary N) is 1. The number of benzene rings is 1. The molecule has 44 heavy (non-hydrogen) atoms. The van der Waals surface area contributed by atoms with E-state index < -0.39 is 0 Å². The van der Waals surface area contributed by atoms with Crippen molar-refractivity contribution in [3.63, 3.8) is 0 Å². The maximum atomic E-state index is 13.3. The van der Waals surface area contributed by atoms with Crippen molar-refractivity contribution in [1.82, 2.24) is 20.4 Å². The molecule has 0 aliphatic carbocycles. The number of aryl methyl sites for hydroxylation is 1. The molecule has 2 N–H and O–H groups in total. The lowest BCUT2D eigenvalue weighted by Gasteiger charge is -2.36. The van der Waals surface area contributed by atoms with Crippen LogP contribution in [0.3, 0.4) is 0 Å². The molecule has 2 aliphatic rings. The lowest BCUT2D eigenvalue weighted by Crippen LogP contribution is -2.42. The topological polar surface area (TPSA) is 94.7 Å². The SMILES string of the molecule is Cc1ncsc1-c1ccc(C(C)CCCCNC(=O)C(c2cc(N3CCC(CN4CCC(O)CC4)CC3)no2)C(C)C)cc1. The monoisotopic (exact) mass is 621 g/mol. The summed E-state index contributed by atoms with van der Waals surface area (Å²) in [5.41, 5.74) is 5.58. The third-order valence-electron chi connectivity index (χ3n) is 9.63. The number of carbonyl (C=O) groups excluding carboxylic acids is 1. The number of aliphatic hydroxyl groups excluding tert-OH is 1. The van der Waals surface area contributed by atoms with Crippen LogP contribution >= 0.6 is 11.3 Å². The van der Waals surface area contributed by atoms with Crippen molar-refractivity contribution in [3.05, 3.63) is 52.9 Å². The van der Waals surface area contributed by atoms with E-state index in [4.69, 9.17) is 4.52 Å². The molecule has 0 spiro atoms. The van der Waals surface area contributed by atoms with E-state index in [1.165, 1.54) is 16.0 Å². The van der Waals surface area contributed by atoms with Crippen LogP contribution in [0.2, 0.25) is 0 Å². The molecule has 2 fully saturated rings. The Balaban J connectivity index is 1.03. The average Bonchev–Trinajstić information content (AvgIpc) is 3.68. The van der Waals surface area contributed by atoms with Gasteiger partial charge in [0.25, 0.3) is 0 Å². The zero-order chi connectivity index (χ0) is 31.1. The summed E-state index contributed by atoms with van der Waals surface area (Å²) in [7, 11) is 0. The molecule has 2 unspecified atom stereocenters. The third-order valence-corrected chi connectivity index (χ3v) is 10.6. The first-order chi connectivity index (χ1) is 21.3. The van der Waals surface area contributed by atoms with Gasteiger partial charge >= 0.3 is 0 Å². The summed E-state index contributed by atoms with van der Waals surface area (Å²) >= 11 is 1.69. The number of aromatic nitrogens is 2. The van der Waals surface area contributed by atoms with Gasteiger partial charge < -0.3 is 24.7 Å². The second-order valence-electron chi connectivity index (χ2n) is 13.3. The summed E-state index contributed by atoms with van der Waals surface area (Å²) in [4.78, 5) is 23.7. The van der Waals surface area contributed by atoms with E-state index in [2.05, 4.69) is 77.2 Å². The van der Waals surface area contributed by atoms with Crippen LogP contribution in [0.25, 0.3) is 10.4 Å². The van der Waals surface area contributed by atoms with Gasteiger partial charge in [-0.1, -0.05) is 56.6 Å². The normalized spacial score (nSPS) is 18.5. The Labute approximate surface area is 267 Å². The molecular weight excluding hydrogens is 570 g/mol. The Kier molecular flexibility index (Phi) is 11.5. The number of thiazole rings is 1. The molecule has 5 rings (SSSR count). The molecular formula is C35H51N5O3S. The van der Waals surface area contributed by atoms with Gasteiger partial charge in [-0.2, -0.15) is 0 Å². The molecule has 2 aromatic heterocycles. The van der Waals surface area contributed by atoms with E-state index in [1.807, 2.05) is 11.6 Å². The van der Waals surface area contributed by atoms with Gasteiger partial charge in [0, 0.05) is 45.3 Å². The number of hydrogen-bond donors (Lipinski definition) is 2. The minimum absolute atomic E-state index is 0.0232. The Morgan fingerprint density at radius 1 is 1.07 bits per heavy atom. The van der Waals surface area contributed by atoms with Crippen molar-refractivity contribution in [2.75, 3.05) is 44.2 Å². The molecule has 240 valence electrons. The van der Waals surface area contributed by atoms with Crippen molar-refractivity contribution in [2.45, 2.75) is 90.6 Å². The molecule has 0 radical (unpaired) electrons. The predicted molar refractivity (Wildman–Crippen MR) is 178 cm³/mol. The largest absolute Gasteiger partial charge is 0.393 e. The van der Waals surface area contributed by atoms with E-state index in [-0.39, 0.29) is 23.8 Å². The van der Waals surface area contributed by atoms with Gasteiger partial charge in [0.05, 0.1) is 22.2 Å². The van der Waals surface area contributed by atoms with E-state index in [9.17, 15) is 9.90 Å². The Bertz CT molecular complexity index is 1310. The number of rotatable bonds is 13. The van der Waals surface area contributed by atoms with Crippen LogP contribution in [0.4, 0.5) is 5.82 Å². The summed E-state index contributed by atoms with van der Waals surface area (Å²) < 4.78 is 5.78. The predicted octanol–water partition coefficient (Wildman–Crippen LogP) is 6.61. The van der Waals surface area contributed by atoms with Crippen molar-refractivity contribution in [1.29, 1.82) is 0 Å². The van der Waals surface area contributed by atoms with Gasteiger partial charge in [-0.3, -0.25) is 4.79 Å². The number of hydrogen-bond acceptors (Lipinski definition) is 8. The molecule has 0 bridgehead atoms. The highest BCUT2D eigenvalue weighted by Gasteiger charge is 2.30. The molecule has 9 heteroatoms. The third kappa shape index (κ3) is 8.49. The highest BCUT2D eigenvalue weighted by Crippen LogP contribution is 2.32. The summed E-state index contributed by atoms with van der Waals surface area (Å²) in [6.45, 7) is 14.2. The number of likely N-dealkylation sites (tertiary alicyclic amines) is 1. The van der Waals surface area contributed by atoms with E-state index >= 15 is 0 Å². The highest BCUT2D eigenvalue weighted by atomic mass is 32.1. The van der Waals surface area contributed by atoms with Crippen molar-refractivity contribution in [2.24, 2.45) is 11.8 Å². The molecule has 4 heterocycles. The minimum Gasteiger partial charge on any atom is -0.393 e. The van der Waals surface area contributed by atoms with Crippen LogP contribution in [0, 0.1) is 18.8 Å². The standard InChI is InChI=1S/C35H51N5O3S/c1-24(2)33(31-21-32(38-43-31)40-19-12-27(13-20-40)22-39-17-14-30(41)15-18-39)35(42)36-16-6-5-7-25(3)28-8-10-29(11-9-28)34-26(4)37-23-44-34/h8-11,21,23-25,27,30,33,41H,5-7,12-20,22H2,1-4H3,(H,36,42). The Hall–Kier alpha value is -2.75. The summed E-state index contributed by atoms with van der Waals surface area (Å²) in [5.74, 6) is 2.46. The van der Waals surface area contributed by atoms with Crippen LogP contribution in [0.15, 0.2) is 40.4 Å². The zero-order valence-corrected chi connectivity index (χ0v) is 27.8. The summed E-state index contributed by atoms with van der Waals surface area (Å²) in [6, 6.07) is 10.9. The molecule has 8 nitrogen and oxygen atoms in total. The summed E-state index contributed by atoms with van der Waals surface area (Å²) in [6.07, 6.45) is 7.04. The quantitative estimate of drug-likeness (QED) is 0.208. The molecule has 1 aromatic carbocycles. The smallest absolute Gasteiger partial charge is 0.231 e. The molecule has 2 saturated heterocycles. The van der Waals surface area contributed by atoms with Crippen LogP contribution in [-0.4, -0.2) is 71.4 Å². The number of unbranched alkanes of at least 4 members (excludes halogenated alkanes) is 1. The van der Waals surface area contributed by atoms with Crippen molar-refractivity contribution < 1.29 is 14.4 Å². The number of aliphatic hydroxyl groups is 1. The molecule has 3 aromatic rings. The van der Waals surface area contributed by atoms with Crippen LogP contribution < -0.4 is 10.2 Å². The highest BCUT2D eigenvalue weighted by molar-refractivity contribution is 7.13. The van der Waals surface area contributed by atoms with Crippen molar-refractivity contribution >= 4 is 23.1 Å². The number of anilines is 1. The second kappa shape index (κ2) is 15.5.